The molecule has 0 radical (unpaired) electrons. The molecule has 20 heavy (non-hydrogen) atoms. The van der Waals surface area contributed by atoms with E-state index >= 15 is 0 Å². The highest BCUT2D eigenvalue weighted by atomic mass is 16.7. The molecule has 1 atom stereocenters. The van der Waals surface area contributed by atoms with E-state index in [1.807, 2.05) is 0 Å². The van der Waals surface area contributed by atoms with Crippen LogP contribution in [-0.4, -0.2) is 25.7 Å². The van der Waals surface area contributed by atoms with Crippen LogP contribution in [0.5, 0.6) is 0 Å². The summed E-state index contributed by atoms with van der Waals surface area (Å²) in [7, 11) is 3.44. The second-order valence-corrected chi connectivity index (χ2v) is 6.91. The van der Waals surface area contributed by atoms with E-state index in [-0.39, 0.29) is 5.54 Å². The number of ether oxygens (including phenoxy) is 2. The van der Waals surface area contributed by atoms with E-state index in [2.05, 4.69) is 39.9 Å². The van der Waals surface area contributed by atoms with Crippen LogP contribution in [0.4, 0.5) is 0 Å². The molecule has 0 bridgehead atoms. The monoisotopic (exact) mass is 287 g/mol. The summed E-state index contributed by atoms with van der Waals surface area (Å²) < 4.78 is 11.4. The number of rotatable bonds is 11. The van der Waals surface area contributed by atoms with Crippen LogP contribution >= 0.6 is 0 Å². The third kappa shape index (κ3) is 7.61. The summed E-state index contributed by atoms with van der Waals surface area (Å²) in [5, 5.41) is 3.49. The third-order valence-corrected chi connectivity index (χ3v) is 3.80. The maximum absolute atomic E-state index is 5.69. The first kappa shape index (κ1) is 19.9. The van der Waals surface area contributed by atoms with Crippen molar-refractivity contribution in [2.24, 2.45) is 5.92 Å². The summed E-state index contributed by atoms with van der Waals surface area (Å²) in [6.07, 6.45) is 9.06. The Kier molecular flexibility index (Phi) is 9.69. The molecule has 0 saturated carbocycles. The van der Waals surface area contributed by atoms with Crippen molar-refractivity contribution in [3.05, 3.63) is 0 Å². The molecule has 3 nitrogen and oxygen atoms in total. The summed E-state index contributed by atoms with van der Waals surface area (Å²) in [6, 6.07) is 0. The molecular weight excluding hydrogens is 250 g/mol. The van der Waals surface area contributed by atoms with Crippen LogP contribution in [0, 0.1) is 5.92 Å². The minimum absolute atomic E-state index is 0.0403. The number of hydrogen-bond donors (Lipinski definition) is 1. The molecule has 0 aliphatic rings. The van der Waals surface area contributed by atoms with E-state index in [4.69, 9.17) is 9.47 Å². The maximum Gasteiger partial charge on any atom is 0.229 e. The Balaban J connectivity index is 4.25. The Bertz CT molecular complexity index is 232. The van der Waals surface area contributed by atoms with Crippen molar-refractivity contribution in [2.45, 2.75) is 91.0 Å². The molecule has 0 aliphatic heterocycles. The Morgan fingerprint density at radius 3 is 1.85 bits per heavy atom. The predicted molar refractivity (Wildman–Crippen MR) is 86.8 cm³/mol. The molecule has 1 unspecified atom stereocenters. The lowest BCUT2D eigenvalue weighted by Gasteiger charge is -2.42. The zero-order valence-electron chi connectivity index (χ0n) is 14.8. The molecule has 0 heterocycles. The van der Waals surface area contributed by atoms with E-state index in [9.17, 15) is 0 Å². The second kappa shape index (κ2) is 9.75. The van der Waals surface area contributed by atoms with Crippen LogP contribution in [0.15, 0.2) is 0 Å². The van der Waals surface area contributed by atoms with Crippen molar-refractivity contribution in [1.82, 2.24) is 5.32 Å². The van der Waals surface area contributed by atoms with Gasteiger partial charge in [0, 0.05) is 25.7 Å². The average molecular weight is 287 g/mol. The van der Waals surface area contributed by atoms with Gasteiger partial charge in [-0.1, -0.05) is 52.4 Å². The van der Waals surface area contributed by atoms with Gasteiger partial charge in [0.05, 0.1) is 0 Å². The fourth-order valence-corrected chi connectivity index (χ4v) is 2.65. The van der Waals surface area contributed by atoms with Crippen LogP contribution in [-0.2, 0) is 9.47 Å². The Morgan fingerprint density at radius 1 is 0.900 bits per heavy atom. The number of hydrogen-bond acceptors (Lipinski definition) is 3. The molecule has 0 aliphatic carbocycles. The van der Waals surface area contributed by atoms with E-state index in [1.165, 1.54) is 38.5 Å². The molecular formula is C17H37NO2. The van der Waals surface area contributed by atoms with Crippen LogP contribution in [0.3, 0.4) is 0 Å². The lowest BCUT2D eigenvalue weighted by Crippen LogP contribution is -2.60. The average Bonchev–Trinajstić information content (AvgIpc) is 2.38. The van der Waals surface area contributed by atoms with E-state index in [0.717, 1.165) is 6.42 Å². The Hall–Kier alpha value is -0.120. The van der Waals surface area contributed by atoms with E-state index in [0.29, 0.717) is 5.92 Å². The number of unbranched alkanes of at least 4 members (excludes halogenated alkanes) is 5. The standard InChI is InChI=1S/C17H37NO2/c1-8-9-10-11-12-13-14-15(2)17(19-6,20-7)18-16(3,4)5/h15,18H,8-14H2,1-7H3. The highest BCUT2D eigenvalue weighted by Crippen LogP contribution is 2.27. The highest BCUT2D eigenvalue weighted by molar-refractivity contribution is 4.82. The maximum atomic E-state index is 5.69. The minimum atomic E-state index is -0.679. The Morgan fingerprint density at radius 2 is 1.40 bits per heavy atom. The lowest BCUT2D eigenvalue weighted by atomic mass is 9.96. The fourth-order valence-electron chi connectivity index (χ4n) is 2.65. The van der Waals surface area contributed by atoms with Gasteiger partial charge in [-0.25, -0.2) is 0 Å². The predicted octanol–water partition coefficient (Wildman–Crippen LogP) is 4.71. The van der Waals surface area contributed by atoms with Gasteiger partial charge in [0.2, 0.25) is 5.91 Å². The largest absolute Gasteiger partial charge is 0.341 e. The van der Waals surface area contributed by atoms with Crippen molar-refractivity contribution < 1.29 is 9.47 Å². The van der Waals surface area contributed by atoms with Crippen LogP contribution in [0.1, 0.15) is 79.6 Å². The lowest BCUT2D eigenvalue weighted by molar-refractivity contribution is -0.267. The zero-order chi connectivity index (χ0) is 15.6. The molecule has 122 valence electrons. The summed E-state index contributed by atoms with van der Waals surface area (Å²) in [4.78, 5) is 0. The molecule has 0 aromatic heterocycles. The van der Waals surface area contributed by atoms with Gasteiger partial charge < -0.3 is 9.47 Å². The molecule has 0 aromatic carbocycles. The van der Waals surface area contributed by atoms with Crippen molar-refractivity contribution in [3.63, 3.8) is 0 Å². The first-order valence-corrected chi connectivity index (χ1v) is 8.21. The van der Waals surface area contributed by atoms with Gasteiger partial charge in [0.15, 0.2) is 0 Å². The molecule has 3 heteroatoms. The molecule has 1 N–H and O–H groups in total. The number of methoxy groups -OCH3 is 2. The normalized spacial score (nSPS) is 14.6. The summed E-state index contributed by atoms with van der Waals surface area (Å²) >= 11 is 0. The molecule has 0 amide bonds. The topological polar surface area (TPSA) is 30.5 Å². The van der Waals surface area contributed by atoms with Gasteiger partial charge in [-0.15, -0.1) is 0 Å². The third-order valence-electron chi connectivity index (χ3n) is 3.80. The van der Waals surface area contributed by atoms with E-state index < -0.39 is 5.91 Å². The van der Waals surface area contributed by atoms with Gasteiger partial charge in [-0.3, -0.25) is 5.32 Å². The van der Waals surface area contributed by atoms with Crippen molar-refractivity contribution in [3.8, 4) is 0 Å². The number of nitrogens with one attached hydrogen (secondary N) is 1. The Labute approximate surface area is 126 Å². The molecule has 0 rings (SSSR count). The van der Waals surface area contributed by atoms with Gasteiger partial charge in [-0.05, 0) is 27.2 Å². The summed E-state index contributed by atoms with van der Waals surface area (Å²) in [6.45, 7) is 10.9. The quantitative estimate of drug-likeness (QED) is 0.441. The van der Waals surface area contributed by atoms with Crippen LogP contribution < -0.4 is 5.32 Å². The van der Waals surface area contributed by atoms with Crippen molar-refractivity contribution in [2.75, 3.05) is 14.2 Å². The van der Waals surface area contributed by atoms with Crippen molar-refractivity contribution >= 4 is 0 Å². The van der Waals surface area contributed by atoms with Gasteiger partial charge in [-0.2, -0.15) is 0 Å². The van der Waals surface area contributed by atoms with Crippen molar-refractivity contribution in [1.29, 1.82) is 0 Å². The molecule has 0 fully saturated rings. The SMILES string of the molecule is CCCCCCCCC(C)C(NC(C)(C)C)(OC)OC. The molecule has 0 spiro atoms. The highest BCUT2D eigenvalue weighted by Gasteiger charge is 2.39. The van der Waals surface area contributed by atoms with Crippen LogP contribution in [0.2, 0.25) is 0 Å². The molecule has 0 aromatic rings. The van der Waals surface area contributed by atoms with Gasteiger partial charge in [0.25, 0.3) is 0 Å². The van der Waals surface area contributed by atoms with Gasteiger partial charge in [0.1, 0.15) is 0 Å². The van der Waals surface area contributed by atoms with Gasteiger partial charge >= 0.3 is 0 Å². The fraction of sp³-hybridized carbons (Fsp3) is 1.00. The second-order valence-electron chi connectivity index (χ2n) is 6.91. The van der Waals surface area contributed by atoms with E-state index in [1.54, 1.807) is 14.2 Å². The first-order valence-electron chi connectivity index (χ1n) is 8.21. The minimum Gasteiger partial charge on any atom is -0.341 e. The summed E-state index contributed by atoms with van der Waals surface area (Å²) in [5.41, 5.74) is -0.0403. The van der Waals surface area contributed by atoms with Crippen LogP contribution in [0.25, 0.3) is 0 Å². The smallest absolute Gasteiger partial charge is 0.229 e. The zero-order valence-corrected chi connectivity index (χ0v) is 14.8. The summed E-state index contributed by atoms with van der Waals surface area (Å²) in [5.74, 6) is -0.357. The first-order chi connectivity index (χ1) is 9.31. The molecule has 0 saturated heterocycles.